The number of nitrogens with zero attached hydrogens (tertiary/aromatic N) is 1. The zero-order valence-corrected chi connectivity index (χ0v) is 13.7. The van der Waals surface area contributed by atoms with E-state index in [1.807, 2.05) is 13.8 Å². The number of thiophene rings is 1. The van der Waals surface area contributed by atoms with Gasteiger partial charge in [0.25, 0.3) is 0 Å². The molecule has 0 aromatic carbocycles. The van der Waals surface area contributed by atoms with E-state index >= 15 is 0 Å². The summed E-state index contributed by atoms with van der Waals surface area (Å²) in [5.41, 5.74) is 1.51. The highest BCUT2D eigenvalue weighted by Crippen LogP contribution is 2.35. The summed E-state index contributed by atoms with van der Waals surface area (Å²) in [7, 11) is 0. The zero-order chi connectivity index (χ0) is 16.3. The number of aliphatic imine (C=N–C) groups is 1. The number of rotatable bonds is 4. The van der Waals surface area contributed by atoms with Crippen LogP contribution in [0, 0.1) is 13.8 Å². The lowest BCUT2D eigenvalue weighted by atomic mass is 9.97. The zero-order valence-electron chi connectivity index (χ0n) is 12.9. The fourth-order valence-electron chi connectivity index (χ4n) is 2.26. The second-order valence-electron chi connectivity index (χ2n) is 5.08. The van der Waals surface area contributed by atoms with E-state index in [1.54, 1.807) is 6.92 Å². The van der Waals surface area contributed by atoms with Crippen molar-refractivity contribution < 1.29 is 19.4 Å². The number of ether oxygens (including phenoxy) is 1. The van der Waals surface area contributed by atoms with E-state index in [4.69, 9.17) is 4.74 Å². The van der Waals surface area contributed by atoms with Crippen molar-refractivity contribution in [1.29, 1.82) is 0 Å². The molecular weight excluding hydrogens is 302 g/mol. The molecule has 1 aliphatic carbocycles. The lowest BCUT2D eigenvalue weighted by molar-refractivity contribution is -0.115. The van der Waals surface area contributed by atoms with E-state index in [0.29, 0.717) is 36.4 Å². The number of esters is 1. The number of Topliss-reactive ketones (excluding diaryl/α,β-unsaturated/α-hetero) is 1. The van der Waals surface area contributed by atoms with Gasteiger partial charge < -0.3 is 9.84 Å². The average Bonchev–Trinajstić information content (AvgIpc) is 2.74. The number of allylic oxidation sites excluding steroid dienone is 2. The van der Waals surface area contributed by atoms with Crippen LogP contribution in [-0.4, -0.2) is 29.7 Å². The lowest BCUT2D eigenvalue weighted by Crippen LogP contribution is -2.12. The summed E-state index contributed by atoms with van der Waals surface area (Å²) < 4.78 is 5.06. The van der Waals surface area contributed by atoms with Gasteiger partial charge in [0.1, 0.15) is 10.8 Å². The molecule has 118 valence electrons. The highest BCUT2D eigenvalue weighted by atomic mass is 32.1. The molecule has 0 atom stereocenters. The Balaban J connectivity index is 2.37. The van der Waals surface area contributed by atoms with E-state index in [2.05, 4.69) is 4.99 Å². The summed E-state index contributed by atoms with van der Waals surface area (Å²) in [5.74, 6) is -0.456. The molecule has 1 aromatic rings. The van der Waals surface area contributed by atoms with Crippen molar-refractivity contribution in [1.82, 2.24) is 0 Å². The van der Waals surface area contributed by atoms with Gasteiger partial charge in [0.05, 0.1) is 17.7 Å². The molecule has 1 N–H and O–H groups in total. The van der Waals surface area contributed by atoms with Gasteiger partial charge >= 0.3 is 5.97 Å². The predicted octanol–water partition coefficient (Wildman–Crippen LogP) is 3.81. The third-order valence-corrected chi connectivity index (χ3v) is 4.70. The van der Waals surface area contributed by atoms with Crippen molar-refractivity contribution in [3.63, 3.8) is 0 Å². The Kier molecular flexibility index (Phi) is 5.13. The third-order valence-electron chi connectivity index (χ3n) is 3.59. The van der Waals surface area contributed by atoms with Gasteiger partial charge in [-0.3, -0.25) is 4.79 Å². The van der Waals surface area contributed by atoms with Crippen molar-refractivity contribution >= 4 is 34.3 Å². The maximum absolute atomic E-state index is 12.1. The van der Waals surface area contributed by atoms with Crippen LogP contribution in [0.5, 0.6) is 0 Å². The monoisotopic (exact) mass is 321 g/mol. The van der Waals surface area contributed by atoms with Gasteiger partial charge in [0.2, 0.25) is 0 Å². The van der Waals surface area contributed by atoms with Crippen LogP contribution in [0.2, 0.25) is 0 Å². The normalized spacial score (nSPS) is 15.7. The summed E-state index contributed by atoms with van der Waals surface area (Å²) in [6.45, 7) is 5.80. The number of carbonyl (C=O) groups is 2. The average molecular weight is 321 g/mol. The Morgan fingerprint density at radius 3 is 2.77 bits per heavy atom. The minimum atomic E-state index is -0.412. The maximum Gasteiger partial charge on any atom is 0.341 e. The molecule has 6 heteroatoms. The van der Waals surface area contributed by atoms with Crippen LogP contribution in [0.4, 0.5) is 5.00 Å². The summed E-state index contributed by atoms with van der Waals surface area (Å²) in [4.78, 5) is 29.1. The van der Waals surface area contributed by atoms with E-state index in [0.717, 1.165) is 10.4 Å². The number of hydrogen-bond acceptors (Lipinski definition) is 6. The van der Waals surface area contributed by atoms with E-state index in [9.17, 15) is 14.7 Å². The van der Waals surface area contributed by atoms with Crippen LogP contribution in [-0.2, 0) is 9.53 Å². The van der Waals surface area contributed by atoms with Gasteiger partial charge in [-0.15, -0.1) is 11.3 Å². The van der Waals surface area contributed by atoms with Crippen molar-refractivity contribution in [2.24, 2.45) is 4.99 Å². The first-order chi connectivity index (χ1) is 10.5. The van der Waals surface area contributed by atoms with Gasteiger partial charge in [-0.05, 0) is 32.8 Å². The molecule has 5 nitrogen and oxygen atoms in total. The topological polar surface area (TPSA) is 76.0 Å². The molecule has 22 heavy (non-hydrogen) atoms. The Bertz CT molecular complexity index is 670. The van der Waals surface area contributed by atoms with Crippen LogP contribution < -0.4 is 0 Å². The second kappa shape index (κ2) is 6.87. The standard InChI is InChI=1S/C16H19NO4S/c1-4-21-16(20)14-9(2)10(3)22-15(14)17-8-11-12(18)6-5-7-13(11)19/h8,18H,4-7H2,1-3H3/b17-8+. The highest BCUT2D eigenvalue weighted by Gasteiger charge is 2.22. The van der Waals surface area contributed by atoms with Gasteiger partial charge in [-0.2, -0.15) is 0 Å². The molecule has 1 aliphatic rings. The Morgan fingerprint density at radius 2 is 2.14 bits per heavy atom. The third kappa shape index (κ3) is 3.27. The van der Waals surface area contributed by atoms with Crippen LogP contribution in [0.15, 0.2) is 16.3 Å². The lowest BCUT2D eigenvalue weighted by Gasteiger charge is -2.11. The SMILES string of the molecule is CCOC(=O)c1c(/N=C/C2=C(O)CCCC2=O)sc(C)c1C. The van der Waals surface area contributed by atoms with Crippen molar-refractivity contribution in [3.8, 4) is 0 Å². The minimum absolute atomic E-state index is 0.0719. The van der Waals surface area contributed by atoms with Gasteiger partial charge in [0.15, 0.2) is 5.78 Å². The molecule has 1 aromatic heterocycles. The van der Waals surface area contributed by atoms with Crippen LogP contribution in [0.3, 0.4) is 0 Å². The molecule has 0 radical (unpaired) electrons. The summed E-state index contributed by atoms with van der Waals surface area (Å²) in [6.07, 6.45) is 2.93. The molecule has 1 heterocycles. The molecular formula is C16H19NO4S. The van der Waals surface area contributed by atoms with Crippen molar-refractivity contribution in [2.75, 3.05) is 6.61 Å². The Labute approximate surface area is 133 Å². The molecule has 0 amide bonds. The van der Waals surface area contributed by atoms with Gasteiger partial charge in [-0.1, -0.05) is 0 Å². The number of aliphatic hydroxyl groups excluding tert-OH is 1. The molecule has 0 saturated carbocycles. The van der Waals surface area contributed by atoms with Crippen LogP contribution >= 0.6 is 11.3 Å². The fraction of sp³-hybridized carbons (Fsp3) is 0.438. The van der Waals surface area contributed by atoms with Gasteiger partial charge in [0, 0.05) is 23.9 Å². The number of carbonyl (C=O) groups excluding carboxylic acids is 2. The predicted molar refractivity (Wildman–Crippen MR) is 86.4 cm³/mol. The molecule has 2 rings (SSSR count). The van der Waals surface area contributed by atoms with Crippen LogP contribution in [0.1, 0.15) is 47.0 Å². The minimum Gasteiger partial charge on any atom is -0.512 e. The van der Waals surface area contributed by atoms with E-state index < -0.39 is 5.97 Å². The molecule has 0 fully saturated rings. The number of ketones is 1. The number of aliphatic hydroxyl groups is 1. The number of hydrogen-bond donors (Lipinski definition) is 1. The first-order valence-electron chi connectivity index (χ1n) is 7.22. The van der Waals surface area contributed by atoms with E-state index in [-0.39, 0.29) is 17.1 Å². The summed E-state index contributed by atoms with van der Waals surface area (Å²) in [5, 5.41) is 10.3. The second-order valence-corrected chi connectivity index (χ2v) is 6.28. The van der Waals surface area contributed by atoms with Gasteiger partial charge in [-0.25, -0.2) is 9.79 Å². The molecule has 0 saturated heterocycles. The highest BCUT2D eigenvalue weighted by molar-refractivity contribution is 7.16. The Morgan fingerprint density at radius 1 is 1.41 bits per heavy atom. The first-order valence-corrected chi connectivity index (χ1v) is 8.03. The molecule has 0 unspecified atom stereocenters. The largest absolute Gasteiger partial charge is 0.512 e. The van der Waals surface area contributed by atoms with Crippen LogP contribution in [0.25, 0.3) is 0 Å². The van der Waals surface area contributed by atoms with Crippen molar-refractivity contribution in [3.05, 3.63) is 27.3 Å². The summed E-state index contributed by atoms with van der Waals surface area (Å²) in [6, 6.07) is 0. The molecule has 0 aliphatic heterocycles. The van der Waals surface area contributed by atoms with Crippen molar-refractivity contribution in [2.45, 2.75) is 40.0 Å². The first kappa shape index (κ1) is 16.4. The smallest absolute Gasteiger partial charge is 0.341 e. The summed E-state index contributed by atoms with van der Waals surface area (Å²) >= 11 is 1.37. The number of aryl methyl sites for hydroxylation is 1. The van der Waals surface area contributed by atoms with E-state index in [1.165, 1.54) is 17.6 Å². The maximum atomic E-state index is 12.1. The fourth-order valence-corrected chi connectivity index (χ4v) is 3.25. The molecule has 0 spiro atoms. The molecule has 0 bridgehead atoms. The quantitative estimate of drug-likeness (QED) is 0.676. The Hall–Kier alpha value is -1.95.